The second-order valence-electron chi connectivity index (χ2n) is 4.78. The number of nitrogens with one attached hydrogen (secondary N) is 1. The van der Waals surface area contributed by atoms with Crippen LogP contribution < -0.4 is 5.32 Å². The molecule has 1 aromatic heterocycles. The maximum absolute atomic E-state index is 12.4. The van der Waals surface area contributed by atoms with Crippen LogP contribution in [-0.4, -0.2) is 15.5 Å². The highest BCUT2D eigenvalue weighted by atomic mass is 79.9. The third-order valence-corrected chi connectivity index (χ3v) is 4.37. The van der Waals surface area contributed by atoms with Crippen molar-refractivity contribution in [2.45, 2.75) is 6.92 Å². The van der Waals surface area contributed by atoms with Crippen molar-refractivity contribution >= 4 is 39.1 Å². The summed E-state index contributed by atoms with van der Waals surface area (Å²) in [6.45, 7) is 2.00. The molecule has 3 aromatic rings. The van der Waals surface area contributed by atoms with Crippen LogP contribution in [0.2, 0.25) is 0 Å². The molecule has 0 spiro atoms. The smallest absolute Gasteiger partial charge is 0.269 e. The number of nitrogens with zero attached hydrogens (tertiary/aromatic N) is 2. The van der Waals surface area contributed by atoms with Gasteiger partial charge in [0.05, 0.1) is 0 Å². The summed E-state index contributed by atoms with van der Waals surface area (Å²) in [5, 5.41) is 6.96. The number of carbonyl (C=O) groups excluding carboxylic acids is 1. The van der Waals surface area contributed by atoms with Gasteiger partial charge in [-0.25, -0.2) is 0 Å². The van der Waals surface area contributed by atoms with E-state index in [-0.39, 0.29) is 5.91 Å². The molecule has 2 aromatic carbocycles. The van der Waals surface area contributed by atoms with Crippen molar-refractivity contribution in [1.29, 1.82) is 0 Å². The normalized spacial score (nSPS) is 10.5. The number of aryl methyl sites for hydroxylation is 1. The third kappa shape index (κ3) is 3.23. The molecular formula is C16H12BrN3OS. The van der Waals surface area contributed by atoms with Crippen molar-refractivity contribution in [3.05, 3.63) is 63.4 Å². The Kier molecular flexibility index (Phi) is 4.31. The molecule has 0 saturated carbocycles. The standard InChI is InChI=1S/C16H12BrN3OS/c1-10-2-8-13(9-3-10)18-16(21)15-14(19-20-22-15)11-4-6-12(17)7-5-11/h2-9H,1H3,(H,18,21). The topological polar surface area (TPSA) is 54.9 Å². The quantitative estimate of drug-likeness (QED) is 0.733. The van der Waals surface area contributed by atoms with E-state index in [1.807, 2.05) is 55.5 Å². The van der Waals surface area contributed by atoms with E-state index in [0.29, 0.717) is 10.6 Å². The molecule has 0 radical (unpaired) electrons. The van der Waals surface area contributed by atoms with Crippen LogP contribution in [0, 0.1) is 6.92 Å². The van der Waals surface area contributed by atoms with Crippen molar-refractivity contribution in [1.82, 2.24) is 9.59 Å². The summed E-state index contributed by atoms with van der Waals surface area (Å²) in [5.41, 5.74) is 3.37. The van der Waals surface area contributed by atoms with Crippen molar-refractivity contribution in [2.75, 3.05) is 5.32 Å². The van der Waals surface area contributed by atoms with Crippen LogP contribution in [-0.2, 0) is 0 Å². The van der Waals surface area contributed by atoms with Crippen LogP contribution in [0.25, 0.3) is 11.3 Å². The lowest BCUT2D eigenvalue weighted by atomic mass is 10.1. The number of halogens is 1. The van der Waals surface area contributed by atoms with Gasteiger partial charge in [-0.1, -0.05) is 50.2 Å². The summed E-state index contributed by atoms with van der Waals surface area (Å²) in [5.74, 6) is -0.197. The Bertz CT molecular complexity index is 797. The van der Waals surface area contributed by atoms with Gasteiger partial charge < -0.3 is 5.32 Å². The Labute approximate surface area is 140 Å². The minimum Gasteiger partial charge on any atom is -0.321 e. The van der Waals surface area contributed by atoms with Crippen LogP contribution in [0.15, 0.2) is 53.0 Å². The zero-order valence-electron chi connectivity index (χ0n) is 11.7. The Hall–Kier alpha value is -2.05. The van der Waals surface area contributed by atoms with E-state index in [1.165, 1.54) is 0 Å². The summed E-state index contributed by atoms with van der Waals surface area (Å²) in [7, 11) is 0. The molecule has 0 fully saturated rings. The minimum absolute atomic E-state index is 0.197. The van der Waals surface area contributed by atoms with Gasteiger partial charge in [0.15, 0.2) is 0 Å². The Morgan fingerprint density at radius 1 is 1.09 bits per heavy atom. The molecule has 0 unspecified atom stereocenters. The number of anilines is 1. The number of benzene rings is 2. The second-order valence-corrected chi connectivity index (χ2v) is 6.45. The Balaban J connectivity index is 1.86. The monoisotopic (exact) mass is 373 g/mol. The van der Waals surface area contributed by atoms with E-state index in [0.717, 1.165) is 32.8 Å². The summed E-state index contributed by atoms with van der Waals surface area (Å²) >= 11 is 4.49. The molecule has 0 aliphatic rings. The van der Waals surface area contributed by atoms with Crippen molar-refractivity contribution in [3.8, 4) is 11.3 Å². The van der Waals surface area contributed by atoms with Gasteiger partial charge in [0.25, 0.3) is 5.91 Å². The molecule has 0 aliphatic heterocycles. The van der Waals surface area contributed by atoms with Gasteiger partial charge in [0, 0.05) is 15.7 Å². The van der Waals surface area contributed by atoms with Crippen LogP contribution in [0.3, 0.4) is 0 Å². The largest absolute Gasteiger partial charge is 0.321 e. The summed E-state index contributed by atoms with van der Waals surface area (Å²) in [6.07, 6.45) is 0. The number of rotatable bonds is 3. The lowest BCUT2D eigenvalue weighted by molar-refractivity contribution is 0.103. The zero-order chi connectivity index (χ0) is 15.5. The number of hydrogen-bond donors (Lipinski definition) is 1. The molecule has 110 valence electrons. The summed E-state index contributed by atoms with van der Waals surface area (Å²) in [6, 6.07) is 15.3. The molecule has 0 atom stereocenters. The first-order chi connectivity index (χ1) is 10.6. The van der Waals surface area contributed by atoms with E-state index in [2.05, 4.69) is 30.8 Å². The van der Waals surface area contributed by atoms with Crippen LogP contribution in [0.5, 0.6) is 0 Å². The molecule has 0 bridgehead atoms. The first-order valence-corrected chi connectivity index (χ1v) is 8.16. The Morgan fingerprint density at radius 3 is 2.45 bits per heavy atom. The fourth-order valence-electron chi connectivity index (χ4n) is 1.96. The van der Waals surface area contributed by atoms with E-state index >= 15 is 0 Å². The highest BCUT2D eigenvalue weighted by Crippen LogP contribution is 2.26. The van der Waals surface area contributed by atoms with Gasteiger partial charge in [0.1, 0.15) is 10.6 Å². The second kappa shape index (κ2) is 6.37. The van der Waals surface area contributed by atoms with Gasteiger partial charge in [-0.15, -0.1) is 5.10 Å². The lowest BCUT2D eigenvalue weighted by Gasteiger charge is -2.05. The van der Waals surface area contributed by atoms with Crippen molar-refractivity contribution < 1.29 is 4.79 Å². The lowest BCUT2D eigenvalue weighted by Crippen LogP contribution is -2.11. The molecule has 6 heteroatoms. The van der Waals surface area contributed by atoms with Gasteiger partial charge in [-0.2, -0.15) is 0 Å². The van der Waals surface area contributed by atoms with E-state index < -0.39 is 0 Å². The van der Waals surface area contributed by atoms with Crippen LogP contribution >= 0.6 is 27.5 Å². The van der Waals surface area contributed by atoms with Gasteiger partial charge >= 0.3 is 0 Å². The molecular weight excluding hydrogens is 362 g/mol. The maximum atomic E-state index is 12.4. The highest BCUT2D eigenvalue weighted by molar-refractivity contribution is 9.10. The Morgan fingerprint density at radius 2 is 1.77 bits per heavy atom. The van der Waals surface area contributed by atoms with Gasteiger partial charge in [-0.05, 0) is 42.7 Å². The number of amides is 1. The summed E-state index contributed by atoms with van der Waals surface area (Å²) < 4.78 is 4.89. The molecule has 3 rings (SSSR count). The van der Waals surface area contributed by atoms with E-state index in [9.17, 15) is 4.79 Å². The maximum Gasteiger partial charge on any atom is 0.269 e. The first-order valence-electron chi connectivity index (χ1n) is 6.60. The van der Waals surface area contributed by atoms with Crippen molar-refractivity contribution in [3.63, 3.8) is 0 Å². The molecule has 22 heavy (non-hydrogen) atoms. The molecule has 1 N–H and O–H groups in total. The van der Waals surface area contributed by atoms with E-state index in [4.69, 9.17) is 0 Å². The number of carbonyl (C=O) groups is 1. The molecule has 0 aliphatic carbocycles. The molecule has 1 heterocycles. The number of hydrogen-bond acceptors (Lipinski definition) is 4. The fraction of sp³-hybridized carbons (Fsp3) is 0.0625. The average Bonchev–Trinajstić information content (AvgIpc) is 3.00. The number of aromatic nitrogens is 2. The highest BCUT2D eigenvalue weighted by Gasteiger charge is 2.17. The fourth-order valence-corrected chi connectivity index (χ4v) is 2.81. The van der Waals surface area contributed by atoms with E-state index in [1.54, 1.807) is 0 Å². The SMILES string of the molecule is Cc1ccc(NC(=O)c2snnc2-c2ccc(Br)cc2)cc1. The zero-order valence-corrected chi connectivity index (χ0v) is 14.1. The van der Waals surface area contributed by atoms with Crippen molar-refractivity contribution in [2.24, 2.45) is 0 Å². The van der Waals surface area contributed by atoms with Crippen LogP contribution in [0.1, 0.15) is 15.2 Å². The predicted octanol–water partition coefficient (Wildman–Crippen LogP) is 4.53. The van der Waals surface area contributed by atoms with Gasteiger partial charge in [0.2, 0.25) is 0 Å². The average molecular weight is 374 g/mol. The molecule has 0 saturated heterocycles. The third-order valence-electron chi connectivity index (χ3n) is 3.12. The summed E-state index contributed by atoms with van der Waals surface area (Å²) in [4.78, 5) is 12.9. The minimum atomic E-state index is -0.197. The molecule has 4 nitrogen and oxygen atoms in total. The predicted molar refractivity (Wildman–Crippen MR) is 92.2 cm³/mol. The molecule has 1 amide bonds. The first kappa shape index (κ1) is 14.9. The van der Waals surface area contributed by atoms with Gasteiger partial charge in [-0.3, -0.25) is 4.79 Å². The van der Waals surface area contributed by atoms with Crippen LogP contribution in [0.4, 0.5) is 5.69 Å².